The summed E-state index contributed by atoms with van der Waals surface area (Å²) in [4.78, 5) is 28.0. The number of carbonyl (C=O) groups excluding carboxylic acids is 2. The molecule has 0 aromatic heterocycles. The predicted octanol–water partition coefficient (Wildman–Crippen LogP) is 3.79. The lowest BCUT2D eigenvalue weighted by Gasteiger charge is -2.30. The lowest BCUT2D eigenvalue weighted by atomic mass is 9.93. The van der Waals surface area contributed by atoms with Crippen molar-refractivity contribution in [1.29, 1.82) is 0 Å². The Bertz CT molecular complexity index is 917. The third-order valence-electron chi connectivity index (χ3n) is 3.92. The third-order valence-corrected chi connectivity index (χ3v) is 3.92. The summed E-state index contributed by atoms with van der Waals surface area (Å²) in [5.74, 6) is -1.57. The Labute approximate surface area is 148 Å². The summed E-state index contributed by atoms with van der Waals surface area (Å²) in [5, 5.41) is 0. The zero-order valence-corrected chi connectivity index (χ0v) is 14.0. The molecule has 0 atom stereocenters. The number of amides is 2. The molecule has 0 saturated heterocycles. The Morgan fingerprint density at radius 3 is 2.08 bits per heavy atom. The summed E-state index contributed by atoms with van der Waals surface area (Å²) in [7, 11) is 3.38. The maximum absolute atomic E-state index is 13.4. The smallest absolute Gasteiger partial charge is 0.383 e. The molecule has 2 amide bonds. The van der Waals surface area contributed by atoms with E-state index < -0.39 is 29.2 Å². The van der Waals surface area contributed by atoms with Gasteiger partial charge in [-0.2, -0.15) is 13.2 Å². The van der Waals surface area contributed by atoms with Gasteiger partial charge in [-0.1, -0.05) is 30.3 Å². The quantitative estimate of drug-likeness (QED) is 0.604. The SMILES string of the molecule is CN(C)C=C1C(=O)N(c2ccccc2C(F)(F)F)C(=O)c2ccccc21. The van der Waals surface area contributed by atoms with Gasteiger partial charge in [-0.05, 0) is 18.2 Å². The second-order valence-corrected chi connectivity index (χ2v) is 6.01. The minimum Gasteiger partial charge on any atom is -0.383 e. The van der Waals surface area contributed by atoms with Crippen LogP contribution in [0, 0.1) is 0 Å². The van der Waals surface area contributed by atoms with Crippen LogP contribution in [-0.4, -0.2) is 30.8 Å². The fourth-order valence-corrected chi connectivity index (χ4v) is 2.86. The fraction of sp³-hybridized carbons (Fsp3) is 0.158. The van der Waals surface area contributed by atoms with Crippen LogP contribution in [0.1, 0.15) is 21.5 Å². The Morgan fingerprint density at radius 1 is 0.885 bits per heavy atom. The first-order valence-electron chi connectivity index (χ1n) is 7.74. The number of fused-ring (bicyclic) bond motifs is 1. The van der Waals surface area contributed by atoms with E-state index in [0.717, 1.165) is 12.1 Å². The number of hydrogen-bond acceptors (Lipinski definition) is 3. The molecule has 1 aliphatic heterocycles. The molecule has 134 valence electrons. The van der Waals surface area contributed by atoms with E-state index in [-0.39, 0.29) is 11.1 Å². The van der Waals surface area contributed by atoms with Crippen LogP contribution in [0.4, 0.5) is 18.9 Å². The number of halogens is 3. The molecule has 3 rings (SSSR count). The standard InChI is InChI=1S/C19H15F3N2O2/c1-23(2)11-14-12-7-3-4-8-13(12)17(25)24(18(14)26)16-10-6-5-9-15(16)19(20,21)22/h3-11H,1-2H3. The summed E-state index contributed by atoms with van der Waals surface area (Å²) in [6.07, 6.45) is -3.20. The van der Waals surface area contributed by atoms with Gasteiger partial charge in [-0.15, -0.1) is 0 Å². The maximum Gasteiger partial charge on any atom is 0.418 e. The van der Waals surface area contributed by atoms with E-state index in [4.69, 9.17) is 0 Å². The van der Waals surface area contributed by atoms with E-state index in [1.807, 2.05) is 0 Å². The van der Waals surface area contributed by atoms with E-state index in [1.165, 1.54) is 24.4 Å². The largest absolute Gasteiger partial charge is 0.418 e. The summed E-state index contributed by atoms with van der Waals surface area (Å²) in [6.45, 7) is 0. The van der Waals surface area contributed by atoms with E-state index in [0.29, 0.717) is 10.5 Å². The highest BCUT2D eigenvalue weighted by atomic mass is 19.4. The monoisotopic (exact) mass is 360 g/mol. The van der Waals surface area contributed by atoms with Crippen LogP contribution in [0.3, 0.4) is 0 Å². The number of anilines is 1. The van der Waals surface area contributed by atoms with Gasteiger partial charge in [-0.25, -0.2) is 4.90 Å². The number of carbonyl (C=O) groups is 2. The first kappa shape index (κ1) is 17.7. The molecule has 2 aromatic rings. The van der Waals surface area contributed by atoms with Gasteiger partial charge in [-0.3, -0.25) is 9.59 Å². The topological polar surface area (TPSA) is 40.6 Å². The van der Waals surface area contributed by atoms with Crippen molar-refractivity contribution in [3.8, 4) is 0 Å². The van der Waals surface area contributed by atoms with E-state index in [2.05, 4.69) is 0 Å². The van der Waals surface area contributed by atoms with E-state index in [9.17, 15) is 22.8 Å². The average Bonchev–Trinajstić information content (AvgIpc) is 2.58. The van der Waals surface area contributed by atoms with Crippen LogP contribution < -0.4 is 4.90 Å². The highest BCUT2D eigenvalue weighted by Crippen LogP contribution is 2.40. The second-order valence-electron chi connectivity index (χ2n) is 6.01. The molecule has 0 fully saturated rings. The molecule has 0 N–H and O–H groups in total. The van der Waals surface area contributed by atoms with Crippen LogP contribution in [0.5, 0.6) is 0 Å². The van der Waals surface area contributed by atoms with Crippen LogP contribution in [-0.2, 0) is 11.0 Å². The molecular formula is C19H15F3N2O2. The lowest BCUT2D eigenvalue weighted by molar-refractivity contribution is -0.137. The lowest BCUT2D eigenvalue weighted by Crippen LogP contribution is -2.43. The molecule has 0 aliphatic carbocycles. The van der Waals surface area contributed by atoms with Crippen LogP contribution in [0.2, 0.25) is 0 Å². The van der Waals surface area contributed by atoms with Gasteiger partial charge < -0.3 is 4.90 Å². The van der Waals surface area contributed by atoms with Crippen molar-refractivity contribution in [3.63, 3.8) is 0 Å². The zero-order valence-electron chi connectivity index (χ0n) is 14.0. The van der Waals surface area contributed by atoms with Gasteiger partial charge in [0.25, 0.3) is 11.8 Å². The zero-order chi connectivity index (χ0) is 19.1. The van der Waals surface area contributed by atoms with Gasteiger partial charge in [0.15, 0.2) is 0 Å². The van der Waals surface area contributed by atoms with Crippen molar-refractivity contribution < 1.29 is 22.8 Å². The van der Waals surface area contributed by atoms with Gasteiger partial charge >= 0.3 is 6.18 Å². The van der Waals surface area contributed by atoms with Gasteiger partial charge in [0.05, 0.1) is 16.8 Å². The van der Waals surface area contributed by atoms with Crippen LogP contribution >= 0.6 is 0 Å². The van der Waals surface area contributed by atoms with Gasteiger partial charge in [0.1, 0.15) is 0 Å². The van der Waals surface area contributed by atoms with Crippen molar-refractivity contribution in [1.82, 2.24) is 4.90 Å². The molecule has 1 heterocycles. The summed E-state index contributed by atoms with van der Waals surface area (Å²) < 4.78 is 40.2. The van der Waals surface area contributed by atoms with Crippen molar-refractivity contribution >= 4 is 23.1 Å². The van der Waals surface area contributed by atoms with E-state index in [1.54, 1.807) is 37.2 Å². The fourth-order valence-electron chi connectivity index (χ4n) is 2.86. The molecule has 0 unspecified atom stereocenters. The molecule has 2 aromatic carbocycles. The third kappa shape index (κ3) is 2.96. The van der Waals surface area contributed by atoms with Crippen molar-refractivity contribution in [2.45, 2.75) is 6.18 Å². The molecule has 4 nitrogen and oxygen atoms in total. The van der Waals surface area contributed by atoms with Gasteiger partial charge in [0.2, 0.25) is 0 Å². The van der Waals surface area contributed by atoms with Gasteiger partial charge in [0, 0.05) is 31.4 Å². The Balaban J connectivity index is 2.25. The predicted molar refractivity (Wildman–Crippen MR) is 91.4 cm³/mol. The maximum atomic E-state index is 13.4. The summed E-state index contributed by atoms with van der Waals surface area (Å²) >= 11 is 0. The average molecular weight is 360 g/mol. The molecule has 1 aliphatic rings. The highest BCUT2D eigenvalue weighted by molar-refractivity contribution is 6.41. The van der Waals surface area contributed by atoms with Crippen LogP contribution in [0.25, 0.3) is 5.57 Å². The van der Waals surface area contributed by atoms with Crippen molar-refractivity contribution in [2.24, 2.45) is 0 Å². The number of rotatable bonds is 2. The number of nitrogens with zero attached hydrogens (tertiary/aromatic N) is 2. The van der Waals surface area contributed by atoms with Crippen molar-refractivity contribution in [3.05, 3.63) is 71.4 Å². The Hall–Kier alpha value is -3.09. The summed E-state index contributed by atoms with van der Waals surface area (Å²) in [6, 6.07) is 10.9. The molecule has 0 saturated carbocycles. The number of benzene rings is 2. The first-order valence-corrected chi connectivity index (χ1v) is 7.74. The van der Waals surface area contributed by atoms with Crippen LogP contribution in [0.15, 0.2) is 54.7 Å². The first-order chi connectivity index (χ1) is 12.2. The molecule has 0 spiro atoms. The molecule has 26 heavy (non-hydrogen) atoms. The normalized spacial score (nSPS) is 16.0. The number of imide groups is 1. The molecule has 7 heteroatoms. The van der Waals surface area contributed by atoms with Crippen molar-refractivity contribution in [2.75, 3.05) is 19.0 Å². The van der Waals surface area contributed by atoms with E-state index >= 15 is 0 Å². The number of alkyl halides is 3. The summed E-state index contributed by atoms with van der Waals surface area (Å²) in [5.41, 5.74) is -0.782. The Morgan fingerprint density at radius 2 is 1.46 bits per heavy atom. The number of hydrogen-bond donors (Lipinski definition) is 0. The highest BCUT2D eigenvalue weighted by Gasteiger charge is 2.41. The molecule has 0 radical (unpaired) electrons. The number of para-hydroxylation sites is 1. The minimum absolute atomic E-state index is 0.155. The minimum atomic E-state index is -4.69. The second kappa shape index (κ2) is 6.33. The molecular weight excluding hydrogens is 345 g/mol. The Kier molecular flexibility index (Phi) is 4.31. The molecule has 0 bridgehead atoms.